The fourth-order valence-corrected chi connectivity index (χ4v) is 1.38. The average Bonchev–Trinajstić information content (AvgIpc) is 2.25. The van der Waals surface area contributed by atoms with E-state index in [-0.39, 0.29) is 12.6 Å². The SMILES string of the molecule is CC(C)OC(=O)C(=O)NCc1cccc(Cl)c1. The standard InChI is InChI=1S/C12H14ClNO3/c1-8(2)17-12(16)11(15)14-7-9-4-3-5-10(13)6-9/h3-6,8H,7H2,1-2H3,(H,14,15). The number of esters is 1. The van der Waals surface area contributed by atoms with Gasteiger partial charge in [-0.05, 0) is 31.5 Å². The van der Waals surface area contributed by atoms with E-state index < -0.39 is 11.9 Å². The monoisotopic (exact) mass is 255 g/mol. The molecule has 0 radical (unpaired) electrons. The number of halogens is 1. The fourth-order valence-electron chi connectivity index (χ4n) is 1.17. The molecule has 0 aliphatic carbocycles. The van der Waals surface area contributed by atoms with E-state index >= 15 is 0 Å². The normalized spacial score (nSPS) is 10.1. The number of ether oxygens (including phenoxy) is 1. The molecule has 0 aliphatic rings. The molecule has 4 nitrogen and oxygen atoms in total. The summed E-state index contributed by atoms with van der Waals surface area (Å²) >= 11 is 5.79. The summed E-state index contributed by atoms with van der Waals surface area (Å²) in [6.07, 6.45) is -0.306. The van der Waals surface area contributed by atoms with Crippen molar-refractivity contribution in [2.75, 3.05) is 0 Å². The second-order valence-corrected chi connectivity index (χ2v) is 4.20. The lowest BCUT2D eigenvalue weighted by Crippen LogP contribution is -2.33. The topological polar surface area (TPSA) is 55.4 Å². The van der Waals surface area contributed by atoms with Crippen LogP contribution in [0.4, 0.5) is 0 Å². The molecule has 0 spiro atoms. The summed E-state index contributed by atoms with van der Waals surface area (Å²) < 4.78 is 4.75. The van der Waals surface area contributed by atoms with Gasteiger partial charge in [0.1, 0.15) is 0 Å². The number of carbonyl (C=O) groups is 2. The van der Waals surface area contributed by atoms with Crippen molar-refractivity contribution in [1.29, 1.82) is 0 Å². The van der Waals surface area contributed by atoms with E-state index in [4.69, 9.17) is 16.3 Å². The predicted octanol–water partition coefficient (Wildman–Crippen LogP) is 1.91. The van der Waals surface area contributed by atoms with Crippen molar-refractivity contribution in [1.82, 2.24) is 5.32 Å². The maximum Gasteiger partial charge on any atom is 0.397 e. The Morgan fingerprint density at radius 2 is 2.12 bits per heavy atom. The van der Waals surface area contributed by atoms with Crippen LogP contribution in [0.25, 0.3) is 0 Å². The molecule has 1 aromatic rings. The number of hydrogen-bond donors (Lipinski definition) is 1. The van der Waals surface area contributed by atoms with E-state index in [0.29, 0.717) is 5.02 Å². The molecule has 0 bridgehead atoms. The molecule has 1 amide bonds. The zero-order chi connectivity index (χ0) is 12.8. The highest BCUT2D eigenvalue weighted by Gasteiger charge is 2.15. The molecule has 0 unspecified atom stereocenters. The Hall–Kier alpha value is -1.55. The van der Waals surface area contributed by atoms with E-state index in [0.717, 1.165) is 5.56 Å². The van der Waals surface area contributed by atoms with Gasteiger partial charge in [-0.15, -0.1) is 0 Å². The number of carbonyl (C=O) groups excluding carboxylic acids is 2. The second-order valence-electron chi connectivity index (χ2n) is 3.77. The fraction of sp³-hybridized carbons (Fsp3) is 0.333. The quantitative estimate of drug-likeness (QED) is 0.663. The molecule has 0 saturated heterocycles. The molecule has 92 valence electrons. The molecule has 0 atom stereocenters. The van der Waals surface area contributed by atoms with Crippen LogP contribution in [0.3, 0.4) is 0 Å². The summed E-state index contributed by atoms with van der Waals surface area (Å²) in [6, 6.07) is 7.03. The van der Waals surface area contributed by atoms with Crippen LogP contribution in [0.2, 0.25) is 5.02 Å². The Bertz CT molecular complexity index is 418. The first-order chi connectivity index (χ1) is 7.99. The van der Waals surface area contributed by atoms with Gasteiger partial charge in [-0.25, -0.2) is 4.79 Å². The molecule has 1 rings (SSSR count). The lowest BCUT2D eigenvalue weighted by atomic mass is 10.2. The Labute approximate surface area is 105 Å². The van der Waals surface area contributed by atoms with Gasteiger partial charge in [-0.2, -0.15) is 0 Å². The highest BCUT2D eigenvalue weighted by atomic mass is 35.5. The van der Waals surface area contributed by atoms with Gasteiger partial charge in [0.15, 0.2) is 0 Å². The number of benzene rings is 1. The van der Waals surface area contributed by atoms with Crippen LogP contribution in [0.1, 0.15) is 19.4 Å². The molecule has 1 N–H and O–H groups in total. The summed E-state index contributed by atoms with van der Waals surface area (Å²) in [6.45, 7) is 3.61. The minimum atomic E-state index is -0.873. The highest BCUT2D eigenvalue weighted by molar-refractivity contribution is 6.32. The minimum Gasteiger partial charge on any atom is -0.456 e. The maximum atomic E-state index is 11.3. The van der Waals surface area contributed by atoms with Crippen LogP contribution in [-0.4, -0.2) is 18.0 Å². The van der Waals surface area contributed by atoms with E-state index in [9.17, 15) is 9.59 Å². The van der Waals surface area contributed by atoms with Crippen molar-refractivity contribution in [2.24, 2.45) is 0 Å². The van der Waals surface area contributed by atoms with Crippen LogP contribution in [0.15, 0.2) is 24.3 Å². The van der Waals surface area contributed by atoms with Crippen molar-refractivity contribution in [2.45, 2.75) is 26.5 Å². The van der Waals surface area contributed by atoms with Crippen molar-refractivity contribution < 1.29 is 14.3 Å². The van der Waals surface area contributed by atoms with E-state index in [2.05, 4.69) is 5.32 Å². The molecule has 17 heavy (non-hydrogen) atoms. The van der Waals surface area contributed by atoms with Crippen LogP contribution < -0.4 is 5.32 Å². The number of rotatable bonds is 3. The number of amides is 1. The Morgan fingerprint density at radius 1 is 1.41 bits per heavy atom. The molecule has 0 fully saturated rings. The van der Waals surface area contributed by atoms with Gasteiger partial charge in [0, 0.05) is 11.6 Å². The van der Waals surface area contributed by atoms with Gasteiger partial charge >= 0.3 is 11.9 Å². The van der Waals surface area contributed by atoms with Crippen molar-refractivity contribution in [3.05, 3.63) is 34.9 Å². The molecule has 0 heterocycles. The molecular formula is C12H14ClNO3. The molecule has 0 aromatic heterocycles. The zero-order valence-electron chi connectivity index (χ0n) is 9.70. The maximum absolute atomic E-state index is 11.3. The third-order valence-electron chi connectivity index (χ3n) is 1.87. The van der Waals surface area contributed by atoms with Gasteiger partial charge < -0.3 is 10.1 Å². The predicted molar refractivity (Wildman–Crippen MR) is 64.5 cm³/mol. The van der Waals surface area contributed by atoms with Gasteiger partial charge in [0.25, 0.3) is 0 Å². The third-order valence-corrected chi connectivity index (χ3v) is 2.11. The van der Waals surface area contributed by atoms with Gasteiger partial charge in [-0.3, -0.25) is 4.79 Å². The van der Waals surface area contributed by atoms with E-state index in [1.807, 2.05) is 0 Å². The third kappa shape index (κ3) is 4.87. The highest BCUT2D eigenvalue weighted by Crippen LogP contribution is 2.10. The van der Waals surface area contributed by atoms with Gasteiger partial charge in [0.2, 0.25) is 0 Å². The molecular weight excluding hydrogens is 242 g/mol. The lowest BCUT2D eigenvalue weighted by Gasteiger charge is -2.08. The zero-order valence-corrected chi connectivity index (χ0v) is 10.5. The lowest BCUT2D eigenvalue weighted by molar-refractivity contribution is -0.157. The number of hydrogen-bond acceptors (Lipinski definition) is 3. The van der Waals surface area contributed by atoms with Crippen molar-refractivity contribution in [3.8, 4) is 0 Å². The van der Waals surface area contributed by atoms with Crippen LogP contribution in [-0.2, 0) is 20.9 Å². The number of nitrogens with one attached hydrogen (secondary N) is 1. The van der Waals surface area contributed by atoms with Crippen molar-refractivity contribution in [3.63, 3.8) is 0 Å². The molecule has 0 aliphatic heterocycles. The van der Waals surface area contributed by atoms with E-state index in [1.165, 1.54) is 0 Å². The summed E-state index contributed by atoms with van der Waals surface area (Å²) in [5, 5.41) is 3.04. The first-order valence-electron chi connectivity index (χ1n) is 5.22. The smallest absolute Gasteiger partial charge is 0.397 e. The largest absolute Gasteiger partial charge is 0.456 e. The minimum absolute atomic E-state index is 0.243. The average molecular weight is 256 g/mol. The summed E-state index contributed by atoms with van der Waals surface area (Å²) in [5.74, 6) is -1.62. The Morgan fingerprint density at radius 3 is 2.71 bits per heavy atom. The molecule has 1 aromatic carbocycles. The van der Waals surface area contributed by atoms with Crippen molar-refractivity contribution >= 4 is 23.5 Å². The first kappa shape index (κ1) is 13.5. The van der Waals surface area contributed by atoms with Gasteiger partial charge in [-0.1, -0.05) is 23.7 Å². The first-order valence-corrected chi connectivity index (χ1v) is 5.60. The Kier molecular flexibility index (Phi) is 4.97. The van der Waals surface area contributed by atoms with Crippen LogP contribution in [0, 0.1) is 0 Å². The summed E-state index contributed by atoms with van der Waals surface area (Å²) in [4.78, 5) is 22.5. The molecule has 5 heteroatoms. The second kappa shape index (κ2) is 6.25. The molecule has 0 saturated carbocycles. The Balaban J connectivity index is 2.45. The van der Waals surface area contributed by atoms with Crippen LogP contribution in [0.5, 0.6) is 0 Å². The summed E-state index contributed by atoms with van der Waals surface area (Å²) in [5.41, 5.74) is 0.822. The summed E-state index contributed by atoms with van der Waals surface area (Å²) in [7, 11) is 0. The van der Waals surface area contributed by atoms with Crippen LogP contribution >= 0.6 is 11.6 Å². The van der Waals surface area contributed by atoms with Gasteiger partial charge in [0.05, 0.1) is 6.10 Å². The van der Waals surface area contributed by atoms with E-state index in [1.54, 1.807) is 38.1 Å².